The molecule has 0 unspecified atom stereocenters. The molecule has 2 rings (SSSR count). The molecule has 12 nitrogen and oxygen atoms in total. The Morgan fingerprint density at radius 3 is 2.26 bits per heavy atom. The third kappa shape index (κ3) is 4.74. The van der Waals surface area contributed by atoms with Crippen molar-refractivity contribution in [2.45, 2.75) is 51.2 Å². The average molecular weight is 433 g/mol. The summed E-state index contributed by atoms with van der Waals surface area (Å²) in [6, 6.07) is 2.68. The Balaban J connectivity index is 2.33. The third-order valence-corrected chi connectivity index (χ3v) is 4.95. The van der Waals surface area contributed by atoms with E-state index in [-0.39, 0.29) is 24.2 Å². The van der Waals surface area contributed by atoms with Gasteiger partial charge in [0, 0.05) is 30.7 Å². The molecule has 1 aliphatic rings. The van der Waals surface area contributed by atoms with E-state index in [2.05, 4.69) is 10.6 Å². The highest BCUT2D eigenvalue weighted by Crippen LogP contribution is 2.29. The van der Waals surface area contributed by atoms with Crippen LogP contribution in [0.25, 0.3) is 0 Å². The quantitative estimate of drug-likeness (QED) is 0.315. The number of likely N-dealkylation sites (tertiary alicyclic amines) is 1. The summed E-state index contributed by atoms with van der Waals surface area (Å²) in [5.41, 5.74) is 3.23. The zero-order valence-electron chi connectivity index (χ0n) is 17.2. The Hall–Kier alpha value is -3.67. The molecule has 0 aliphatic carbocycles. The Kier molecular flexibility index (Phi) is 6.85. The van der Waals surface area contributed by atoms with Gasteiger partial charge in [0.15, 0.2) is 11.3 Å². The topological polar surface area (TPSA) is 182 Å². The number of nitrogens with two attached hydrogens (primary N) is 1. The van der Waals surface area contributed by atoms with Gasteiger partial charge in [-0.15, -0.1) is 0 Å². The van der Waals surface area contributed by atoms with Crippen molar-refractivity contribution in [2.24, 2.45) is 5.73 Å². The molecule has 1 heterocycles. The molecule has 0 radical (unpaired) electrons. The minimum absolute atomic E-state index is 0.133. The number of rotatable bonds is 6. The number of nitrogens with zero attached hydrogens (tertiary/aromatic N) is 2. The highest BCUT2D eigenvalue weighted by atomic mass is 16.6. The van der Waals surface area contributed by atoms with E-state index in [9.17, 15) is 34.1 Å². The Bertz CT molecular complexity index is 943. The monoisotopic (exact) mass is 433 g/mol. The fourth-order valence-electron chi connectivity index (χ4n) is 3.04. The standard InChI is InChI=1S/C19H23N5O7/c1-10(20)16(27)21-11(2)17(28)23-15(26)9-8-14(25)19(23,3)18(29)22-12-4-6-13(7-5-12)24(30)31/h4-7,10-11H,8-9,20H2,1-3H3,(H,21,27)(H,22,29)/t10-,11-,19+/m0/s1. The van der Waals surface area contributed by atoms with Crippen LogP contribution in [0.1, 0.15) is 33.6 Å². The van der Waals surface area contributed by atoms with E-state index >= 15 is 0 Å². The summed E-state index contributed by atoms with van der Waals surface area (Å²) in [6.45, 7) is 3.86. The van der Waals surface area contributed by atoms with Gasteiger partial charge in [0.1, 0.15) is 6.04 Å². The van der Waals surface area contributed by atoms with Crippen molar-refractivity contribution in [1.29, 1.82) is 0 Å². The van der Waals surface area contributed by atoms with Crippen molar-refractivity contribution >= 4 is 40.8 Å². The van der Waals surface area contributed by atoms with E-state index in [0.717, 1.165) is 19.1 Å². The molecule has 1 saturated heterocycles. The van der Waals surface area contributed by atoms with Gasteiger partial charge in [0.05, 0.1) is 11.0 Å². The zero-order chi connectivity index (χ0) is 23.5. The fraction of sp³-hybridized carbons (Fsp3) is 0.421. The van der Waals surface area contributed by atoms with E-state index in [1.807, 2.05) is 0 Å². The summed E-state index contributed by atoms with van der Waals surface area (Å²) in [6.07, 6.45) is -0.508. The molecule has 1 aliphatic heterocycles. The molecule has 3 atom stereocenters. The number of non-ortho nitro benzene ring substituents is 1. The second kappa shape index (κ2) is 9.00. The summed E-state index contributed by atoms with van der Waals surface area (Å²) in [4.78, 5) is 73.7. The summed E-state index contributed by atoms with van der Waals surface area (Å²) < 4.78 is 0. The Labute approximate surface area is 177 Å². The van der Waals surface area contributed by atoms with Gasteiger partial charge in [-0.05, 0) is 32.9 Å². The van der Waals surface area contributed by atoms with Crippen LogP contribution < -0.4 is 16.4 Å². The number of amides is 4. The molecule has 4 N–H and O–H groups in total. The summed E-state index contributed by atoms with van der Waals surface area (Å²) >= 11 is 0. The van der Waals surface area contributed by atoms with Crippen molar-refractivity contribution in [3.63, 3.8) is 0 Å². The largest absolute Gasteiger partial charge is 0.343 e. The number of nitro benzene ring substituents is 1. The highest BCUT2D eigenvalue weighted by Gasteiger charge is 2.54. The molecule has 4 amide bonds. The molecule has 0 spiro atoms. The molecular formula is C19H23N5O7. The number of piperidine rings is 1. The maximum atomic E-state index is 13.0. The van der Waals surface area contributed by atoms with Crippen LogP contribution in [0.2, 0.25) is 0 Å². The van der Waals surface area contributed by atoms with Crippen molar-refractivity contribution in [3.8, 4) is 0 Å². The number of imide groups is 1. The first-order valence-corrected chi connectivity index (χ1v) is 9.41. The maximum absolute atomic E-state index is 13.0. The predicted molar refractivity (Wildman–Crippen MR) is 107 cm³/mol. The van der Waals surface area contributed by atoms with Gasteiger partial charge in [-0.25, -0.2) is 0 Å². The number of carbonyl (C=O) groups is 5. The number of carbonyl (C=O) groups excluding carboxylic acids is 5. The number of nitro groups is 1. The number of benzene rings is 1. The van der Waals surface area contributed by atoms with Crippen LogP contribution in [0.5, 0.6) is 0 Å². The van der Waals surface area contributed by atoms with E-state index in [1.54, 1.807) is 0 Å². The van der Waals surface area contributed by atoms with E-state index in [4.69, 9.17) is 5.73 Å². The lowest BCUT2D eigenvalue weighted by Crippen LogP contribution is -2.68. The van der Waals surface area contributed by atoms with Crippen molar-refractivity contribution < 1.29 is 28.9 Å². The molecule has 0 bridgehead atoms. The number of Topliss-reactive ketones (excluding diaryl/α,β-unsaturated/α-hetero) is 1. The Morgan fingerprint density at radius 2 is 1.74 bits per heavy atom. The minimum Gasteiger partial charge on any atom is -0.343 e. The number of ketones is 1. The molecule has 31 heavy (non-hydrogen) atoms. The molecule has 1 fully saturated rings. The maximum Gasteiger partial charge on any atom is 0.269 e. The fourth-order valence-corrected chi connectivity index (χ4v) is 3.04. The third-order valence-electron chi connectivity index (χ3n) is 4.95. The van der Waals surface area contributed by atoms with E-state index < -0.39 is 52.0 Å². The second-order valence-electron chi connectivity index (χ2n) is 7.34. The van der Waals surface area contributed by atoms with Crippen LogP contribution in [0.3, 0.4) is 0 Å². The van der Waals surface area contributed by atoms with Crippen LogP contribution in [0.15, 0.2) is 24.3 Å². The second-order valence-corrected chi connectivity index (χ2v) is 7.34. The lowest BCUT2D eigenvalue weighted by atomic mass is 9.85. The molecule has 1 aromatic rings. The number of anilines is 1. The molecule has 12 heteroatoms. The van der Waals surface area contributed by atoms with Crippen LogP contribution >= 0.6 is 0 Å². The molecular weight excluding hydrogens is 410 g/mol. The zero-order valence-corrected chi connectivity index (χ0v) is 17.2. The first-order valence-electron chi connectivity index (χ1n) is 9.41. The first kappa shape index (κ1) is 23.6. The van der Waals surface area contributed by atoms with Gasteiger partial charge >= 0.3 is 0 Å². The lowest BCUT2D eigenvalue weighted by Gasteiger charge is -2.41. The van der Waals surface area contributed by atoms with Crippen molar-refractivity contribution in [1.82, 2.24) is 10.2 Å². The van der Waals surface area contributed by atoms with Gasteiger partial charge < -0.3 is 16.4 Å². The van der Waals surface area contributed by atoms with Gasteiger partial charge in [0.2, 0.25) is 11.8 Å². The normalized spacial score (nSPS) is 20.6. The lowest BCUT2D eigenvalue weighted by molar-refractivity contribution is -0.384. The minimum atomic E-state index is -2.17. The number of hydrogen-bond donors (Lipinski definition) is 3. The summed E-state index contributed by atoms with van der Waals surface area (Å²) in [7, 11) is 0. The smallest absolute Gasteiger partial charge is 0.269 e. The van der Waals surface area contributed by atoms with Crippen LogP contribution in [0.4, 0.5) is 11.4 Å². The van der Waals surface area contributed by atoms with Crippen LogP contribution in [0, 0.1) is 10.1 Å². The molecule has 0 aromatic heterocycles. The van der Waals surface area contributed by atoms with Crippen LogP contribution in [-0.2, 0) is 24.0 Å². The van der Waals surface area contributed by atoms with Gasteiger partial charge in [-0.1, -0.05) is 0 Å². The van der Waals surface area contributed by atoms with Crippen molar-refractivity contribution in [3.05, 3.63) is 34.4 Å². The molecule has 1 aromatic carbocycles. The first-order chi connectivity index (χ1) is 14.4. The van der Waals surface area contributed by atoms with Gasteiger partial charge in [-0.3, -0.25) is 39.0 Å². The van der Waals surface area contributed by atoms with Crippen LogP contribution in [-0.4, -0.2) is 56.9 Å². The molecule has 166 valence electrons. The van der Waals surface area contributed by atoms with Crippen molar-refractivity contribution in [2.75, 3.05) is 5.32 Å². The number of nitrogens with one attached hydrogen (secondary N) is 2. The van der Waals surface area contributed by atoms with Gasteiger partial charge in [0.25, 0.3) is 17.5 Å². The SMILES string of the molecule is C[C@H](N)C(=O)N[C@@H](C)C(=O)N1C(=O)CCC(=O)[C@]1(C)C(=O)Nc1ccc([N+](=O)[O-])cc1. The Morgan fingerprint density at radius 1 is 1.16 bits per heavy atom. The predicted octanol–water partition coefficient (Wildman–Crippen LogP) is -0.138. The van der Waals surface area contributed by atoms with Gasteiger partial charge in [-0.2, -0.15) is 0 Å². The van der Waals surface area contributed by atoms with E-state index in [0.29, 0.717) is 4.90 Å². The average Bonchev–Trinajstić information content (AvgIpc) is 2.70. The molecule has 0 saturated carbocycles. The highest BCUT2D eigenvalue weighted by molar-refractivity contribution is 6.22. The summed E-state index contributed by atoms with van der Waals surface area (Å²) in [5.74, 6) is -3.95. The summed E-state index contributed by atoms with van der Waals surface area (Å²) in [5, 5.41) is 15.5. The van der Waals surface area contributed by atoms with E-state index in [1.165, 1.54) is 26.0 Å². The number of hydrogen-bond acceptors (Lipinski definition) is 8.